The number of pyridine rings is 2. The molecule has 5 rings (SSSR count). The zero-order valence-electron chi connectivity index (χ0n) is 20.1. The van der Waals surface area contributed by atoms with Gasteiger partial charge in [0.2, 0.25) is 11.8 Å². The third-order valence-electron chi connectivity index (χ3n) is 6.46. The standard InChI is InChI=1S/C27H29N5O4/c33-24(11-18-5-7-26(29-14-18)35-20-3-1-2-4-20)22-13-23(32-17-31-22)25(34)12-19-6-8-27(30-15-19)36-21-9-10-28-16-21/h5-8,13-15,17,20-21,28H,1-4,9-12,16H2/t21-/m1/s1. The summed E-state index contributed by atoms with van der Waals surface area (Å²) in [4.78, 5) is 42.4. The number of nitrogens with zero attached hydrogens (tertiary/aromatic N) is 4. The highest BCUT2D eigenvalue weighted by atomic mass is 16.5. The van der Waals surface area contributed by atoms with E-state index in [2.05, 4.69) is 25.3 Å². The number of aromatic nitrogens is 4. The van der Waals surface area contributed by atoms with Crippen LogP contribution in [0.3, 0.4) is 0 Å². The zero-order chi connectivity index (χ0) is 24.7. The molecule has 1 atom stereocenters. The monoisotopic (exact) mass is 487 g/mol. The predicted octanol–water partition coefficient (Wildman–Crippen LogP) is 3.18. The molecule has 0 spiro atoms. The number of carbonyl (C=O) groups excluding carboxylic acids is 2. The molecule has 1 aliphatic heterocycles. The van der Waals surface area contributed by atoms with Crippen LogP contribution in [0.1, 0.15) is 64.2 Å². The number of hydrogen-bond donors (Lipinski definition) is 1. The highest BCUT2D eigenvalue weighted by molar-refractivity contribution is 6.00. The van der Waals surface area contributed by atoms with Crippen LogP contribution in [-0.2, 0) is 12.8 Å². The van der Waals surface area contributed by atoms with Gasteiger partial charge in [0.15, 0.2) is 11.6 Å². The van der Waals surface area contributed by atoms with Crippen molar-refractivity contribution in [3.05, 3.63) is 71.6 Å². The Morgan fingerprint density at radius 3 is 1.86 bits per heavy atom. The van der Waals surface area contributed by atoms with E-state index in [4.69, 9.17) is 9.47 Å². The maximum absolute atomic E-state index is 12.8. The molecular formula is C27H29N5O4. The van der Waals surface area contributed by atoms with Crippen LogP contribution >= 0.6 is 0 Å². The number of nitrogens with one attached hydrogen (secondary N) is 1. The van der Waals surface area contributed by atoms with Crippen LogP contribution in [0.25, 0.3) is 0 Å². The first-order valence-electron chi connectivity index (χ1n) is 12.4. The van der Waals surface area contributed by atoms with E-state index < -0.39 is 0 Å². The van der Waals surface area contributed by atoms with Crippen LogP contribution in [0, 0.1) is 0 Å². The molecule has 1 saturated heterocycles. The van der Waals surface area contributed by atoms with E-state index in [-0.39, 0.29) is 48.0 Å². The summed E-state index contributed by atoms with van der Waals surface area (Å²) >= 11 is 0. The molecule has 0 amide bonds. The van der Waals surface area contributed by atoms with E-state index in [1.807, 2.05) is 12.1 Å². The minimum Gasteiger partial charge on any atom is -0.474 e. The van der Waals surface area contributed by atoms with Crippen molar-refractivity contribution in [1.82, 2.24) is 25.3 Å². The lowest BCUT2D eigenvalue weighted by Gasteiger charge is -2.12. The van der Waals surface area contributed by atoms with Gasteiger partial charge in [0.25, 0.3) is 0 Å². The molecule has 186 valence electrons. The second-order valence-electron chi connectivity index (χ2n) is 9.25. The quantitative estimate of drug-likeness (QED) is 0.430. The van der Waals surface area contributed by atoms with E-state index in [1.165, 1.54) is 25.2 Å². The van der Waals surface area contributed by atoms with Crippen LogP contribution in [0.2, 0.25) is 0 Å². The molecule has 3 aromatic heterocycles. The van der Waals surface area contributed by atoms with Crippen LogP contribution in [0.5, 0.6) is 11.8 Å². The number of Topliss-reactive ketones (excluding diaryl/α,β-unsaturated/α-hetero) is 2. The van der Waals surface area contributed by atoms with Crippen LogP contribution in [0.15, 0.2) is 49.1 Å². The van der Waals surface area contributed by atoms with Crippen molar-refractivity contribution >= 4 is 11.6 Å². The first-order valence-corrected chi connectivity index (χ1v) is 12.4. The van der Waals surface area contributed by atoms with Gasteiger partial charge in [-0.2, -0.15) is 0 Å². The minimum absolute atomic E-state index is 0.120. The molecule has 0 radical (unpaired) electrons. The predicted molar refractivity (Wildman–Crippen MR) is 131 cm³/mol. The number of ether oxygens (including phenoxy) is 2. The van der Waals surface area contributed by atoms with E-state index >= 15 is 0 Å². The smallest absolute Gasteiger partial charge is 0.213 e. The molecule has 9 nitrogen and oxygen atoms in total. The van der Waals surface area contributed by atoms with Crippen molar-refractivity contribution < 1.29 is 19.1 Å². The second kappa shape index (κ2) is 11.3. The fourth-order valence-corrected chi connectivity index (χ4v) is 4.46. The van der Waals surface area contributed by atoms with E-state index in [0.717, 1.165) is 43.5 Å². The molecular weight excluding hydrogens is 458 g/mol. The van der Waals surface area contributed by atoms with Gasteiger partial charge in [-0.25, -0.2) is 19.9 Å². The average molecular weight is 488 g/mol. The molecule has 1 saturated carbocycles. The summed E-state index contributed by atoms with van der Waals surface area (Å²) in [5.41, 5.74) is 1.90. The van der Waals surface area contributed by atoms with Crippen molar-refractivity contribution in [2.45, 2.75) is 57.2 Å². The fourth-order valence-electron chi connectivity index (χ4n) is 4.46. The molecule has 1 aliphatic carbocycles. The van der Waals surface area contributed by atoms with Gasteiger partial charge in [0.1, 0.15) is 29.9 Å². The molecule has 2 fully saturated rings. The van der Waals surface area contributed by atoms with Crippen molar-refractivity contribution in [2.24, 2.45) is 0 Å². The van der Waals surface area contributed by atoms with E-state index in [1.54, 1.807) is 24.5 Å². The van der Waals surface area contributed by atoms with Crippen LogP contribution in [-0.4, -0.2) is 56.8 Å². The highest BCUT2D eigenvalue weighted by Gasteiger charge is 2.19. The van der Waals surface area contributed by atoms with Crippen LogP contribution in [0.4, 0.5) is 0 Å². The Morgan fingerprint density at radius 1 is 0.778 bits per heavy atom. The van der Waals surface area contributed by atoms with Gasteiger partial charge in [0.05, 0.1) is 0 Å². The lowest BCUT2D eigenvalue weighted by molar-refractivity contribution is 0.0987. The molecule has 0 unspecified atom stereocenters. The van der Waals surface area contributed by atoms with Gasteiger partial charge in [-0.15, -0.1) is 0 Å². The van der Waals surface area contributed by atoms with Gasteiger partial charge in [-0.05, 0) is 55.8 Å². The molecule has 0 aromatic carbocycles. The van der Waals surface area contributed by atoms with Crippen molar-refractivity contribution in [3.63, 3.8) is 0 Å². The van der Waals surface area contributed by atoms with Crippen molar-refractivity contribution in [1.29, 1.82) is 0 Å². The molecule has 1 N–H and O–H groups in total. The SMILES string of the molecule is O=C(Cc1ccc(OC2CCCC2)nc1)c1cc(C(=O)Cc2ccc(O[C@@H]3CCNC3)nc2)ncn1. The number of carbonyl (C=O) groups is 2. The Hall–Kier alpha value is -3.72. The normalized spacial score (nSPS) is 17.7. The summed E-state index contributed by atoms with van der Waals surface area (Å²) in [5.74, 6) is 0.708. The lowest BCUT2D eigenvalue weighted by atomic mass is 10.1. The third kappa shape index (κ3) is 6.28. The fraction of sp³-hybridized carbons (Fsp3) is 0.407. The summed E-state index contributed by atoms with van der Waals surface area (Å²) in [6, 6.07) is 8.68. The molecule has 0 bridgehead atoms. The number of rotatable bonds is 10. The largest absolute Gasteiger partial charge is 0.474 e. The van der Waals surface area contributed by atoms with Gasteiger partial charge < -0.3 is 14.8 Å². The summed E-state index contributed by atoms with van der Waals surface area (Å²) < 4.78 is 11.7. The molecule has 9 heteroatoms. The van der Waals surface area contributed by atoms with Gasteiger partial charge in [-0.1, -0.05) is 12.1 Å². The summed E-state index contributed by atoms with van der Waals surface area (Å²) in [7, 11) is 0. The Bertz CT molecular complexity index is 1100. The maximum Gasteiger partial charge on any atom is 0.213 e. The Labute approximate surface area is 209 Å². The van der Waals surface area contributed by atoms with E-state index in [9.17, 15) is 9.59 Å². The molecule has 3 aromatic rings. The topological polar surface area (TPSA) is 116 Å². The van der Waals surface area contributed by atoms with Crippen molar-refractivity contribution in [3.8, 4) is 11.8 Å². The van der Waals surface area contributed by atoms with Gasteiger partial charge in [0, 0.05) is 43.9 Å². The maximum atomic E-state index is 12.8. The number of hydrogen-bond acceptors (Lipinski definition) is 9. The summed E-state index contributed by atoms with van der Waals surface area (Å²) in [5, 5.41) is 3.25. The Morgan fingerprint density at radius 2 is 1.36 bits per heavy atom. The molecule has 4 heterocycles. The van der Waals surface area contributed by atoms with Crippen molar-refractivity contribution in [2.75, 3.05) is 13.1 Å². The van der Waals surface area contributed by atoms with Gasteiger partial charge in [-0.3, -0.25) is 9.59 Å². The van der Waals surface area contributed by atoms with Crippen LogP contribution < -0.4 is 14.8 Å². The van der Waals surface area contributed by atoms with Gasteiger partial charge >= 0.3 is 0 Å². The van der Waals surface area contributed by atoms with E-state index in [0.29, 0.717) is 11.8 Å². The Balaban J connectivity index is 1.16. The molecule has 36 heavy (non-hydrogen) atoms. The number of ketones is 2. The molecule has 2 aliphatic rings. The summed E-state index contributed by atoms with van der Waals surface area (Å²) in [6.07, 6.45) is 10.6. The Kier molecular flexibility index (Phi) is 7.56. The zero-order valence-corrected chi connectivity index (χ0v) is 20.1. The average Bonchev–Trinajstić information content (AvgIpc) is 3.61. The highest BCUT2D eigenvalue weighted by Crippen LogP contribution is 2.23. The lowest BCUT2D eigenvalue weighted by Crippen LogP contribution is -2.20. The second-order valence-corrected chi connectivity index (χ2v) is 9.25. The first kappa shape index (κ1) is 24.0. The summed E-state index contributed by atoms with van der Waals surface area (Å²) in [6.45, 7) is 1.76. The first-order chi connectivity index (χ1) is 17.6. The third-order valence-corrected chi connectivity index (χ3v) is 6.46. The minimum atomic E-state index is -0.211.